The number of rotatable bonds is 4. The minimum absolute atomic E-state index is 0.000494. The zero-order chi connectivity index (χ0) is 13.8. The third kappa shape index (κ3) is 2.93. The summed E-state index contributed by atoms with van der Waals surface area (Å²) in [5.41, 5.74) is 0.833. The van der Waals surface area contributed by atoms with Crippen molar-refractivity contribution in [3.63, 3.8) is 0 Å². The van der Waals surface area contributed by atoms with E-state index in [0.29, 0.717) is 0 Å². The van der Waals surface area contributed by atoms with Gasteiger partial charge in [0.25, 0.3) is 0 Å². The fourth-order valence-corrected chi connectivity index (χ4v) is 1.77. The van der Waals surface area contributed by atoms with E-state index in [1.54, 1.807) is 25.3 Å². The standard InChI is InChI=1S/C14H17N3O2/c1-16-9-8-15-13(16)10-14(18)17(2)11-4-6-12(19-3)7-5-11/h4-9H,10H2,1-3H3. The number of carbonyl (C=O) groups excluding carboxylic acids is 1. The van der Waals surface area contributed by atoms with Gasteiger partial charge < -0.3 is 14.2 Å². The highest BCUT2D eigenvalue weighted by molar-refractivity contribution is 5.93. The van der Waals surface area contributed by atoms with Gasteiger partial charge in [-0.2, -0.15) is 0 Å². The molecule has 0 saturated heterocycles. The van der Waals surface area contributed by atoms with Crippen LogP contribution in [0.1, 0.15) is 5.82 Å². The lowest BCUT2D eigenvalue weighted by molar-refractivity contribution is -0.117. The summed E-state index contributed by atoms with van der Waals surface area (Å²) in [6, 6.07) is 7.38. The smallest absolute Gasteiger partial charge is 0.234 e. The summed E-state index contributed by atoms with van der Waals surface area (Å²) in [6.07, 6.45) is 3.80. The van der Waals surface area contributed by atoms with Gasteiger partial charge in [-0.1, -0.05) is 0 Å². The minimum atomic E-state index is -0.000494. The van der Waals surface area contributed by atoms with Gasteiger partial charge in [0.05, 0.1) is 13.5 Å². The van der Waals surface area contributed by atoms with E-state index in [1.165, 1.54) is 0 Å². The molecule has 0 spiro atoms. The largest absolute Gasteiger partial charge is 0.497 e. The second-order valence-corrected chi connectivity index (χ2v) is 4.28. The van der Waals surface area contributed by atoms with Crippen molar-refractivity contribution in [2.24, 2.45) is 7.05 Å². The number of amides is 1. The molecular weight excluding hydrogens is 242 g/mol. The lowest BCUT2D eigenvalue weighted by Crippen LogP contribution is -2.28. The number of ether oxygens (including phenoxy) is 1. The maximum absolute atomic E-state index is 12.2. The number of hydrogen-bond donors (Lipinski definition) is 0. The molecule has 5 heteroatoms. The maximum Gasteiger partial charge on any atom is 0.234 e. The van der Waals surface area contributed by atoms with E-state index in [2.05, 4.69) is 4.98 Å². The SMILES string of the molecule is COc1ccc(N(C)C(=O)Cc2nccn2C)cc1. The second kappa shape index (κ2) is 5.56. The van der Waals surface area contributed by atoms with Gasteiger partial charge in [-0.25, -0.2) is 4.98 Å². The molecule has 2 aromatic rings. The summed E-state index contributed by atoms with van der Waals surface area (Å²) in [5.74, 6) is 1.53. The Morgan fingerprint density at radius 1 is 1.37 bits per heavy atom. The van der Waals surface area contributed by atoms with E-state index in [1.807, 2.05) is 42.1 Å². The molecule has 0 atom stereocenters. The predicted octanol–water partition coefficient (Wildman–Crippen LogP) is 1.63. The van der Waals surface area contributed by atoms with Crippen molar-refractivity contribution in [3.8, 4) is 5.75 Å². The van der Waals surface area contributed by atoms with Crippen molar-refractivity contribution in [1.82, 2.24) is 9.55 Å². The molecule has 1 heterocycles. The Bertz CT molecular complexity index is 560. The summed E-state index contributed by atoms with van der Waals surface area (Å²) in [7, 11) is 5.25. The molecule has 0 aliphatic rings. The number of nitrogens with zero attached hydrogens (tertiary/aromatic N) is 3. The Balaban J connectivity index is 2.08. The molecule has 1 amide bonds. The van der Waals surface area contributed by atoms with Gasteiger partial charge in [0.15, 0.2) is 0 Å². The number of likely N-dealkylation sites (N-methyl/N-ethyl adjacent to an activating group) is 1. The first kappa shape index (κ1) is 13.1. The number of benzene rings is 1. The van der Waals surface area contributed by atoms with Crippen LogP contribution in [-0.2, 0) is 18.3 Å². The van der Waals surface area contributed by atoms with Crippen LogP contribution in [0.3, 0.4) is 0 Å². The van der Waals surface area contributed by atoms with Crippen molar-refractivity contribution >= 4 is 11.6 Å². The van der Waals surface area contributed by atoms with E-state index in [0.717, 1.165) is 17.3 Å². The average molecular weight is 259 g/mol. The van der Waals surface area contributed by atoms with Crippen LogP contribution in [-0.4, -0.2) is 29.6 Å². The third-order valence-electron chi connectivity index (χ3n) is 3.06. The zero-order valence-corrected chi connectivity index (χ0v) is 11.3. The highest BCUT2D eigenvalue weighted by atomic mass is 16.5. The summed E-state index contributed by atoms with van der Waals surface area (Å²) in [4.78, 5) is 17.9. The van der Waals surface area contributed by atoms with E-state index in [9.17, 15) is 4.79 Å². The van der Waals surface area contributed by atoms with E-state index in [4.69, 9.17) is 4.74 Å². The van der Waals surface area contributed by atoms with Crippen LogP contribution in [0.25, 0.3) is 0 Å². The van der Waals surface area contributed by atoms with Crippen LogP contribution in [0, 0.1) is 0 Å². The molecule has 0 aliphatic carbocycles. The van der Waals surface area contributed by atoms with Gasteiger partial charge >= 0.3 is 0 Å². The fourth-order valence-electron chi connectivity index (χ4n) is 1.77. The summed E-state index contributed by atoms with van der Waals surface area (Å²) in [5, 5.41) is 0. The minimum Gasteiger partial charge on any atom is -0.497 e. The Hall–Kier alpha value is -2.30. The molecule has 19 heavy (non-hydrogen) atoms. The van der Waals surface area contributed by atoms with Crippen molar-refractivity contribution in [3.05, 3.63) is 42.5 Å². The molecule has 0 fully saturated rings. The Labute approximate surface area is 112 Å². The van der Waals surface area contributed by atoms with Crippen LogP contribution in [0.5, 0.6) is 5.75 Å². The van der Waals surface area contributed by atoms with Crippen LogP contribution >= 0.6 is 0 Å². The number of anilines is 1. The molecular formula is C14H17N3O2. The Kier molecular flexibility index (Phi) is 3.85. The predicted molar refractivity (Wildman–Crippen MR) is 73.3 cm³/mol. The summed E-state index contributed by atoms with van der Waals surface area (Å²) >= 11 is 0. The molecule has 0 radical (unpaired) electrons. The molecule has 5 nitrogen and oxygen atoms in total. The van der Waals surface area contributed by atoms with Gasteiger partial charge in [0.1, 0.15) is 11.6 Å². The highest BCUT2D eigenvalue weighted by Crippen LogP contribution is 2.18. The third-order valence-corrected chi connectivity index (χ3v) is 3.06. The number of methoxy groups -OCH3 is 1. The van der Waals surface area contributed by atoms with Crippen molar-refractivity contribution in [2.75, 3.05) is 19.1 Å². The van der Waals surface area contributed by atoms with Gasteiger partial charge in [0, 0.05) is 32.2 Å². The first-order valence-corrected chi connectivity index (χ1v) is 5.98. The number of aromatic nitrogens is 2. The highest BCUT2D eigenvalue weighted by Gasteiger charge is 2.13. The molecule has 0 aliphatic heterocycles. The van der Waals surface area contributed by atoms with Gasteiger partial charge in [-0.3, -0.25) is 4.79 Å². The zero-order valence-electron chi connectivity index (χ0n) is 11.3. The van der Waals surface area contributed by atoms with Gasteiger partial charge in [-0.15, -0.1) is 0 Å². The molecule has 1 aromatic carbocycles. The summed E-state index contributed by atoms with van der Waals surface area (Å²) < 4.78 is 6.94. The van der Waals surface area contributed by atoms with Crippen molar-refractivity contribution < 1.29 is 9.53 Å². The number of hydrogen-bond acceptors (Lipinski definition) is 3. The number of aryl methyl sites for hydroxylation is 1. The first-order chi connectivity index (χ1) is 9.11. The molecule has 0 saturated carbocycles. The van der Waals surface area contributed by atoms with Crippen molar-refractivity contribution in [1.29, 1.82) is 0 Å². The van der Waals surface area contributed by atoms with E-state index in [-0.39, 0.29) is 12.3 Å². The molecule has 100 valence electrons. The van der Waals surface area contributed by atoms with Gasteiger partial charge in [0.2, 0.25) is 5.91 Å². The molecule has 0 unspecified atom stereocenters. The van der Waals surface area contributed by atoms with Gasteiger partial charge in [-0.05, 0) is 24.3 Å². The topological polar surface area (TPSA) is 47.4 Å². The van der Waals surface area contributed by atoms with Crippen LogP contribution in [0.2, 0.25) is 0 Å². The van der Waals surface area contributed by atoms with Crippen LogP contribution < -0.4 is 9.64 Å². The quantitative estimate of drug-likeness (QED) is 0.838. The Morgan fingerprint density at radius 3 is 2.58 bits per heavy atom. The maximum atomic E-state index is 12.2. The molecule has 0 N–H and O–H groups in total. The molecule has 2 rings (SSSR count). The van der Waals surface area contributed by atoms with Crippen molar-refractivity contribution in [2.45, 2.75) is 6.42 Å². The second-order valence-electron chi connectivity index (χ2n) is 4.28. The number of carbonyl (C=O) groups is 1. The lowest BCUT2D eigenvalue weighted by atomic mass is 10.2. The normalized spacial score (nSPS) is 10.3. The first-order valence-electron chi connectivity index (χ1n) is 5.98. The van der Waals surface area contributed by atoms with Crippen LogP contribution in [0.15, 0.2) is 36.7 Å². The van der Waals surface area contributed by atoms with E-state index >= 15 is 0 Å². The fraction of sp³-hybridized carbons (Fsp3) is 0.286. The molecule has 0 bridgehead atoms. The monoisotopic (exact) mass is 259 g/mol. The molecule has 1 aromatic heterocycles. The Morgan fingerprint density at radius 2 is 2.05 bits per heavy atom. The number of imidazole rings is 1. The van der Waals surface area contributed by atoms with E-state index < -0.39 is 0 Å². The summed E-state index contributed by atoms with van der Waals surface area (Å²) in [6.45, 7) is 0. The average Bonchev–Trinajstić information content (AvgIpc) is 2.83. The van der Waals surface area contributed by atoms with Crippen LogP contribution in [0.4, 0.5) is 5.69 Å². The lowest BCUT2D eigenvalue weighted by Gasteiger charge is -2.17.